The number of hydrogen-bond donors (Lipinski definition) is 2. The quantitative estimate of drug-likeness (QED) is 0.378. The lowest BCUT2D eigenvalue weighted by Gasteiger charge is -2.13. The summed E-state index contributed by atoms with van der Waals surface area (Å²) in [6, 6.07) is 5.37. The van der Waals surface area contributed by atoms with Gasteiger partial charge in [-0.1, -0.05) is 0 Å². The molecule has 1 fully saturated rings. The van der Waals surface area contributed by atoms with E-state index in [0.29, 0.717) is 12.1 Å². The van der Waals surface area contributed by atoms with Crippen molar-refractivity contribution in [3.8, 4) is 0 Å². The summed E-state index contributed by atoms with van der Waals surface area (Å²) in [5, 5.41) is 16.5. The predicted molar refractivity (Wildman–Crippen MR) is 76.4 cm³/mol. The number of rotatable bonds is 3. The van der Waals surface area contributed by atoms with Gasteiger partial charge in [-0.15, -0.1) is 0 Å². The normalized spacial score (nSPS) is 21.1. The first-order chi connectivity index (χ1) is 9.45. The number of benzene rings is 1. The average molecular weight is 295 g/mol. The Bertz CT molecular complexity index is 546. The number of ether oxygens (including phenoxy) is 1. The Morgan fingerprint density at radius 1 is 1.45 bits per heavy atom. The van der Waals surface area contributed by atoms with Gasteiger partial charge in [-0.25, -0.2) is 4.79 Å². The molecule has 1 aromatic rings. The van der Waals surface area contributed by atoms with Gasteiger partial charge in [0.05, 0.1) is 4.92 Å². The van der Waals surface area contributed by atoms with Crippen molar-refractivity contribution in [2.45, 2.75) is 25.5 Å². The van der Waals surface area contributed by atoms with E-state index in [4.69, 9.17) is 17.0 Å². The second kappa shape index (κ2) is 5.83. The number of cyclic esters (lactones) is 1. The molecule has 106 valence electrons. The van der Waals surface area contributed by atoms with Gasteiger partial charge in [-0.05, 0) is 31.3 Å². The van der Waals surface area contributed by atoms with Crippen molar-refractivity contribution in [1.82, 2.24) is 5.32 Å². The van der Waals surface area contributed by atoms with E-state index in [9.17, 15) is 14.9 Å². The van der Waals surface area contributed by atoms with Crippen molar-refractivity contribution in [2.75, 3.05) is 5.32 Å². The highest BCUT2D eigenvalue weighted by Crippen LogP contribution is 2.16. The van der Waals surface area contributed by atoms with E-state index in [1.165, 1.54) is 12.1 Å². The lowest BCUT2D eigenvalue weighted by molar-refractivity contribution is -0.384. The number of hydrogen-bond acceptors (Lipinski definition) is 5. The zero-order valence-corrected chi connectivity index (χ0v) is 11.5. The third-order valence-corrected chi connectivity index (χ3v) is 3.03. The van der Waals surface area contributed by atoms with E-state index in [1.807, 2.05) is 6.92 Å². The molecule has 0 unspecified atom stereocenters. The minimum atomic E-state index is -0.476. The first kappa shape index (κ1) is 14.2. The van der Waals surface area contributed by atoms with Gasteiger partial charge in [0, 0.05) is 24.2 Å². The molecular formula is C12H13N3O4S. The van der Waals surface area contributed by atoms with Gasteiger partial charge < -0.3 is 15.4 Å². The lowest BCUT2D eigenvalue weighted by Crippen LogP contribution is -2.40. The Labute approximate surface area is 120 Å². The molecule has 0 saturated carbocycles. The molecule has 1 aliphatic rings. The highest BCUT2D eigenvalue weighted by molar-refractivity contribution is 7.80. The third kappa shape index (κ3) is 3.41. The largest absolute Gasteiger partial charge is 0.461 e. The summed E-state index contributed by atoms with van der Waals surface area (Å²) < 4.78 is 5.00. The molecule has 0 aromatic heterocycles. The Hall–Kier alpha value is -2.22. The fraction of sp³-hybridized carbons (Fsp3) is 0.333. The zero-order valence-electron chi connectivity index (χ0n) is 10.7. The molecule has 8 heteroatoms. The van der Waals surface area contributed by atoms with Gasteiger partial charge in [-0.2, -0.15) is 0 Å². The van der Waals surface area contributed by atoms with Crippen molar-refractivity contribution >= 4 is 34.7 Å². The molecular weight excluding hydrogens is 282 g/mol. The Kier molecular flexibility index (Phi) is 4.14. The standard InChI is InChI=1S/C12H13N3O4S/c1-7-6-10(11(16)19-7)14-12(20)13-8-2-4-9(5-3-8)15(17)18/h2-5,7,10H,6H2,1H3,(H2,13,14,20)/t7-,10-/m1/s1. The smallest absolute Gasteiger partial charge is 0.329 e. The first-order valence-corrected chi connectivity index (χ1v) is 6.39. The van der Waals surface area contributed by atoms with E-state index in [1.54, 1.807) is 12.1 Å². The summed E-state index contributed by atoms with van der Waals surface area (Å²) in [4.78, 5) is 21.5. The van der Waals surface area contributed by atoms with Crippen molar-refractivity contribution in [2.24, 2.45) is 0 Å². The van der Waals surface area contributed by atoms with Crippen LogP contribution in [0.25, 0.3) is 0 Å². The molecule has 1 aromatic carbocycles. The number of nitro groups is 1. The summed E-state index contributed by atoms with van der Waals surface area (Å²) in [5.41, 5.74) is 0.607. The molecule has 1 heterocycles. The molecule has 20 heavy (non-hydrogen) atoms. The van der Waals surface area contributed by atoms with Gasteiger partial charge in [0.15, 0.2) is 5.11 Å². The molecule has 0 aliphatic carbocycles. The van der Waals surface area contributed by atoms with E-state index in [2.05, 4.69) is 10.6 Å². The Morgan fingerprint density at radius 3 is 2.60 bits per heavy atom. The van der Waals surface area contributed by atoms with Crippen molar-refractivity contribution in [3.05, 3.63) is 34.4 Å². The van der Waals surface area contributed by atoms with Gasteiger partial charge in [0.1, 0.15) is 12.1 Å². The predicted octanol–water partition coefficient (Wildman–Crippen LogP) is 1.59. The van der Waals surface area contributed by atoms with Gasteiger partial charge in [0.2, 0.25) is 0 Å². The van der Waals surface area contributed by atoms with Crippen LogP contribution in [0.2, 0.25) is 0 Å². The molecule has 0 bridgehead atoms. The van der Waals surface area contributed by atoms with Crippen LogP contribution >= 0.6 is 12.2 Å². The zero-order chi connectivity index (χ0) is 14.7. The lowest BCUT2D eigenvalue weighted by atomic mass is 10.2. The van der Waals surface area contributed by atoms with Crippen LogP contribution < -0.4 is 10.6 Å². The van der Waals surface area contributed by atoms with E-state index < -0.39 is 11.0 Å². The van der Waals surface area contributed by atoms with Crippen molar-refractivity contribution in [3.63, 3.8) is 0 Å². The van der Waals surface area contributed by atoms with Gasteiger partial charge >= 0.3 is 5.97 Å². The maximum Gasteiger partial charge on any atom is 0.329 e. The van der Waals surface area contributed by atoms with Crippen LogP contribution in [0, 0.1) is 10.1 Å². The van der Waals surface area contributed by atoms with Crippen LogP contribution in [0.4, 0.5) is 11.4 Å². The molecule has 0 spiro atoms. The van der Waals surface area contributed by atoms with E-state index >= 15 is 0 Å². The van der Waals surface area contributed by atoms with Crippen LogP contribution in [0.15, 0.2) is 24.3 Å². The van der Waals surface area contributed by atoms with Crippen LogP contribution in [-0.4, -0.2) is 28.2 Å². The third-order valence-electron chi connectivity index (χ3n) is 2.81. The van der Waals surface area contributed by atoms with E-state index in [0.717, 1.165) is 0 Å². The number of carbonyl (C=O) groups excluding carboxylic acids is 1. The Balaban J connectivity index is 1.91. The molecule has 1 aliphatic heterocycles. The summed E-state index contributed by atoms with van der Waals surface area (Å²) in [6.07, 6.45) is 0.433. The summed E-state index contributed by atoms with van der Waals surface area (Å²) in [6.45, 7) is 1.81. The second-order valence-corrected chi connectivity index (χ2v) is 4.85. The fourth-order valence-electron chi connectivity index (χ4n) is 1.87. The molecule has 2 atom stereocenters. The maximum absolute atomic E-state index is 11.4. The molecule has 1 saturated heterocycles. The molecule has 2 rings (SSSR count). The van der Waals surface area contributed by atoms with Gasteiger partial charge in [0.25, 0.3) is 5.69 Å². The second-order valence-electron chi connectivity index (χ2n) is 4.44. The fourth-order valence-corrected chi connectivity index (χ4v) is 2.13. The molecule has 2 N–H and O–H groups in total. The highest BCUT2D eigenvalue weighted by Gasteiger charge is 2.32. The molecule has 0 amide bonds. The number of nitrogens with zero attached hydrogens (tertiary/aromatic N) is 1. The number of thiocarbonyl (C=S) groups is 1. The van der Waals surface area contributed by atoms with Crippen LogP contribution in [0.5, 0.6) is 0 Å². The maximum atomic E-state index is 11.4. The molecule has 7 nitrogen and oxygen atoms in total. The number of anilines is 1. The molecule has 0 radical (unpaired) electrons. The van der Waals surface area contributed by atoms with Crippen LogP contribution in [0.3, 0.4) is 0 Å². The van der Waals surface area contributed by atoms with Crippen LogP contribution in [0.1, 0.15) is 13.3 Å². The SMILES string of the molecule is C[C@@H]1C[C@@H](NC(=S)Nc2ccc([N+](=O)[O-])cc2)C(=O)O1. The number of carbonyl (C=O) groups is 1. The minimum Gasteiger partial charge on any atom is -0.461 e. The first-order valence-electron chi connectivity index (χ1n) is 5.98. The topological polar surface area (TPSA) is 93.5 Å². The Morgan fingerprint density at radius 2 is 2.10 bits per heavy atom. The number of nitro benzene ring substituents is 1. The van der Waals surface area contributed by atoms with E-state index in [-0.39, 0.29) is 22.9 Å². The minimum absolute atomic E-state index is 0.00243. The van der Waals surface area contributed by atoms with Crippen LogP contribution in [-0.2, 0) is 9.53 Å². The van der Waals surface area contributed by atoms with Crippen molar-refractivity contribution < 1.29 is 14.5 Å². The summed E-state index contributed by atoms with van der Waals surface area (Å²) >= 11 is 5.08. The summed E-state index contributed by atoms with van der Waals surface area (Å²) in [7, 11) is 0. The number of nitrogens with one attached hydrogen (secondary N) is 2. The highest BCUT2D eigenvalue weighted by atomic mass is 32.1. The van der Waals surface area contributed by atoms with Gasteiger partial charge in [-0.3, -0.25) is 10.1 Å². The van der Waals surface area contributed by atoms with Crippen molar-refractivity contribution in [1.29, 1.82) is 0 Å². The number of non-ortho nitro benzene ring substituents is 1. The monoisotopic (exact) mass is 295 g/mol. The average Bonchev–Trinajstić information content (AvgIpc) is 2.68. The summed E-state index contributed by atoms with van der Waals surface area (Å²) in [5.74, 6) is -0.328. The number of esters is 1.